The van der Waals surface area contributed by atoms with Crippen molar-refractivity contribution in [2.75, 3.05) is 63.3 Å². The third-order valence-electron chi connectivity index (χ3n) is 4.80. The molecule has 0 spiro atoms. The van der Waals surface area contributed by atoms with Crippen molar-refractivity contribution in [2.45, 2.75) is 18.7 Å². The Kier molecular flexibility index (Phi) is 6.99. The first kappa shape index (κ1) is 22.1. The molecule has 9 nitrogen and oxygen atoms in total. The fraction of sp³-hybridized carbons (Fsp3) is 0.500. The summed E-state index contributed by atoms with van der Waals surface area (Å²) in [5.74, 6) is 2.42. The molecule has 1 aliphatic rings. The highest BCUT2D eigenvalue weighted by atomic mass is 32.2. The van der Waals surface area contributed by atoms with Gasteiger partial charge in [-0.25, -0.2) is 8.42 Å². The molecule has 2 heterocycles. The van der Waals surface area contributed by atoms with Gasteiger partial charge < -0.3 is 19.3 Å². The van der Waals surface area contributed by atoms with Crippen LogP contribution in [0.5, 0.6) is 11.5 Å². The fourth-order valence-electron chi connectivity index (χ4n) is 3.25. The van der Waals surface area contributed by atoms with E-state index in [2.05, 4.69) is 10.2 Å². The molecule has 1 fully saturated rings. The van der Waals surface area contributed by atoms with Gasteiger partial charge in [0.1, 0.15) is 16.4 Å². The molecule has 1 aromatic heterocycles. The Bertz CT molecular complexity index is 942. The molecule has 1 saturated heterocycles. The molecule has 1 aliphatic heterocycles. The van der Waals surface area contributed by atoms with E-state index in [-0.39, 0.29) is 4.90 Å². The van der Waals surface area contributed by atoms with E-state index in [1.54, 1.807) is 18.2 Å². The lowest BCUT2D eigenvalue weighted by atomic mass is 10.3. The van der Waals surface area contributed by atoms with Crippen LogP contribution >= 0.6 is 0 Å². The number of hydrogen-bond donors (Lipinski definition) is 0. The molecule has 0 radical (unpaired) electrons. The highest BCUT2D eigenvalue weighted by molar-refractivity contribution is 7.89. The van der Waals surface area contributed by atoms with Crippen LogP contribution in [0.1, 0.15) is 13.8 Å². The number of sulfonamides is 1. The molecular formula is C20H29N5O4S. The number of aromatic nitrogens is 2. The van der Waals surface area contributed by atoms with Crippen LogP contribution < -0.4 is 19.3 Å². The van der Waals surface area contributed by atoms with Crippen molar-refractivity contribution in [3.8, 4) is 11.5 Å². The standard InChI is InChI=1S/C20H29N5O4S/c1-5-28-16-7-8-18(17(15-16)29-6-2)30(26,27)25-13-11-24(12-14-25)20-10-9-19(21-22-20)23(3)4/h7-10,15H,5-6,11-14H2,1-4H3. The maximum Gasteiger partial charge on any atom is 0.246 e. The normalized spacial score (nSPS) is 15.1. The molecule has 0 atom stereocenters. The highest BCUT2D eigenvalue weighted by Crippen LogP contribution is 2.31. The Labute approximate surface area is 178 Å². The molecule has 0 N–H and O–H groups in total. The second-order valence-electron chi connectivity index (χ2n) is 7.01. The van der Waals surface area contributed by atoms with Crippen molar-refractivity contribution in [3.63, 3.8) is 0 Å². The smallest absolute Gasteiger partial charge is 0.246 e. The summed E-state index contributed by atoms with van der Waals surface area (Å²) in [6.07, 6.45) is 0. The number of piperazine rings is 1. The summed E-state index contributed by atoms with van der Waals surface area (Å²) in [7, 11) is 0.128. The van der Waals surface area contributed by atoms with Crippen molar-refractivity contribution >= 4 is 21.7 Å². The zero-order valence-electron chi connectivity index (χ0n) is 17.9. The molecule has 1 aromatic carbocycles. The number of ether oxygens (including phenoxy) is 2. The predicted molar refractivity (Wildman–Crippen MR) is 116 cm³/mol. The van der Waals surface area contributed by atoms with Gasteiger partial charge in [0.25, 0.3) is 0 Å². The van der Waals surface area contributed by atoms with Crippen LogP contribution in [-0.4, -0.2) is 76.4 Å². The Morgan fingerprint density at radius 1 is 0.967 bits per heavy atom. The third kappa shape index (κ3) is 4.76. The second kappa shape index (κ2) is 9.48. The fourth-order valence-corrected chi connectivity index (χ4v) is 4.78. The van der Waals surface area contributed by atoms with Gasteiger partial charge in [-0.1, -0.05) is 0 Å². The monoisotopic (exact) mass is 435 g/mol. The Morgan fingerprint density at radius 3 is 2.23 bits per heavy atom. The van der Waals surface area contributed by atoms with Crippen LogP contribution in [0, 0.1) is 0 Å². The van der Waals surface area contributed by atoms with E-state index in [0.29, 0.717) is 50.9 Å². The largest absolute Gasteiger partial charge is 0.494 e. The van der Waals surface area contributed by atoms with Gasteiger partial charge >= 0.3 is 0 Å². The zero-order chi connectivity index (χ0) is 21.7. The molecule has 164 valence electrons. The Hall–Kier alpha value is -2.59. The topological polar surface area (TPSA) is 88.1 Å². The minimum atomic E-state index is -3.69. The van der Waals surface area contributed by atoms with Crippen molar-refractivity contribution in [1.29, 1.82) is 0 Å². The first-order chi connectivity index (χ1) is 14.4. The molecule has 0 saturated carbocycles. The number of nitrogens with zero attached hydrogens (tertiary/aromatic N) is 5. The summed E-state index contributed by atoms with van der Waals surface area (Å²) < 4.78 is 39.1. The van der Waals surface area contributed by atoms with Crippen molar-refractivity contribution in [2.24, 2.45) is 0 Å². The molecule has 0 bridgehead atoms. The maximum atomic E-state index is 13.3. The van der Waals surface area contributed by atoms with E-state index < -0.39 is 10.0 Å². The quantitative estimate of drug-likeness (QED) is 0.621. The van der Waals surface area contributed by atoms with E-state index in [0.717, 1.165) is 11.6 Å². The molecule has 10 heteroatoms. The van der Waals surface area contributed by atoms with Crippen LogP contribution in [0.4, 0.5) is 11.6 Å². The van der Waals surface area contributed by atoms with Gasteiger partial charge in [-0.3, -0.25) is 0 Å². The average Bonchev–Trinajstić information content (AvgIpc) is 2.74. The lowest BCUT2D eigenvalue weighted by Crippen LogP contribution is -2.49. The summed E-state index contributed by atoms with van der Waals surface area (Å²) in [4.78, 5) is 4.09. The van der Waals surface area contributed by atoms with Crippen LogP contribution in [0.25, 0.3) is 0 Å². The second-order valence-corrected chi connectivity index (χ2v) is 8.92. The summed E-state index contributed by atoms with van der Waals surface area (Å²) in [5, 5.41) is 8.47. The molecule has 30 heavy (non-hydrogen) atoms. The molecule has 3 rings (SSSR count). The lowest BCUT2D eigenvalue weighted by Gasteiger charge is -2.34. The van der Waals surface area contributed by atoms with Crippen molar-refractivity contribution < 1.29 is 17.9 Å². The van der Waals surface area contributed by atoms with Gasteiger partial charge in [0, 0.05) is 46.3 Å². The van der Waals surface area contributed by atoms with E-state index in [4.69, 9.17) is 9.47 Å². The molecule has 2 aromatic rings. The van der Waals surface area contributed by atoms with Gasteiger partial charge in [0.2, 0.25) is 10.0 Å². The number of rotatable bonds is 8. The van der Waals surface area contributed by atoms with Gasteiger partial charge in [-0.15, -0.1) is 10.2 Å². The average molecular weight is 436 g/mol. The first-order valence-corrected chi connectivity index (χ1v) is 11.5. The Balaban J connectivity index is 1.74. The first-order valence-electron chi connectivity index (χ1n) is 10.0. The summed E-state index contributed by atoms with van der Waals surface area (Å²) in [6.45, 7) is 6.36. The lowest BCUT2D eigenvalue weighted by molar-refractivity contribution is 0.314. The van der Waals surface area contributed by atoms with Gasteiger partial charge in [0.15, 0.2) is 11.6 Å². The maximum absolute atomic E-state index is 13.3. The van der Waals surface area contributed by atoms with Gasteiger partial charge in [-0.2, -0.15) is 4.31 Å². The number of hydrogen-bond acceptors (Lipinski definition) is 8. The SMILES string of the molecule is CCOc1ccc(S(=O)(=O)N2CCN(c3ccc(N(C)C)nn3)CC2)c(OCC)c1. The van der Waals surface area contributed by atoms with Gasteiger partial charge in [-0.05, 0) is 38.1 Å². The highest BCUT2D eigenvalue weighted by Gasteiger charge is 2.31. The predicted octanol–water partition coefficient (Wildman–Crippen LogP) is 1.85. The molecule has 0 aliphatic carbocycles. The van der Waals surface area contributed by atoms with E-state index in [1.165, 1.54) is 4.31 Å². The van der Waals surface area contributed by atoms with Crippen LogP contribution in [-0.2, 0) is 10.0 Å². The summed E-state index contributed by atoms with van der Waals surface area (Å²) in [6, 6.07) is 8.67. The van der Waals surface area contributed by atoms with Crippen LogP contribution in [0.3, 0.4) is 0 Å². The van der Waals surface area contributed by atoms with Crippen molar-refractivity contribution in [3.05, 3.63) is 30.3 Å². The zero-order valence-corrected chi connectivity index (χ0v) is 18.7. The van der Waals surface area contributed by atoms with Gasteiger partial charge in [0.05, 0.1) is 13.2 Å². The van der Waals surface area contributed by atoms with E-state index in [9.17, 15) is 8.42 Å². The van der Waals surface area contributed by atoms with Crippen molar-refractivity contribution in [1.82, 2.24) is 14.5 Å². The molecule has 0 unspecified atom stereocenters. The minimum absolute atomic E-state index is 0.163. The van der Waals surface area contributed by atoms with Crippen LogP contribution in [0.2, 0.25) is 0 Å². The van der Waals surface area contributed by atoms with Crippen LogP contribution in [0.15, 0.2) is 35.2 Å². The number of anilines is 2. The van der Waals surface area contributed by atoms with E-state index >= 15 is 0 Å². The third-order valence-corrected chi connectivity index (χ3v) is 6.74. The Morgan fingerprint density at radius 2 is 1.67 bits per heavy atom. The summed E-state index contributed by atoms with van der Waals surface area (Å²) in [5.41, 5.74) is 0. The number of benzene rings is 1. The van der Waals surface area contributed by atoms with E-state index in [1.807, 2.05) is 49.9 Å². The molecule has 0 amide bonds. The minimum Gasteiger partial charge on any atom is -0.494 e. The summed E-state index contributed by atoms with van der Waals surface area (Å²) >= 11 is 0. The molecular weight excluding hydrogens is 406 g/mol.